The molecule has 4 aromatic carbocycles. The Bertz CT molecular complexity index is 1270. The molecule has 24 heavy (non-hydrogen) atoms. The first-order chi connectivity index (χ1) is 11.9. The summed E-state index contributed by atoms with van der Waals surface area (Å²) < 4.78 is 2.83. The highest BCUT2D eigenvalue weighted by molar-refractivity contribution is 7.26. The molecule has 0 aliphatic heterocycles. The van der Waals surface area contributed by atoms with Crippen molar-refractivity contribution in [3.63, 3.8) is 0 Å². The zero-order chi connectivity index (χ0) is 15.7. The second kappa shape index (κ2) is 4.46. The highest BCUT2D eigenvalue weighted by atomic mass is 32.1. The minimum absolute atomic E-state index is 1.05. The lowest BCUT2D eigenvalue weighted by molar-refractivity contribution is 1.29. The number of thiophene rings is 1. The van der Waals surface area contributed by atoms with E-state index in [1.54, 1.807) is 0 Å². The highest BCUT2D eigenvalue weighted by Gasteiger charge is 2.25. The predicted molar refractivity (Wildman–Crippen MR) is 105 cm³/mol. The maximum atomic E-state index is 2.29. The van der Waals surface area contributed by atoms with Crippen LogP contribution in [0.5, 0.6) is 0 Å². The predicted octanol–water partition coefficient (Wildman–Crippen LogP) is 6.78. The molecule has 0 unspecified atom stereocenters. The molecule has 1 aliphatic carbocycles. The van der Waals surface area contributed by atoms with E-state index < -0.39 is 0 Å². The van der Waals surface area contributed by atoms with Crippen LogP contribution in [0.4, 0.5) is 0 Å². The summed E-state index contributed by atoms with van der Waals surface area (Å²) in [5, 5.41) is 5.67. The van der Waals surface area contributed by atoms with E-state index >= 15 is 0 Å². The molecular formula is C23H14S. The summed E-state index contributed by atoms with van der Waals surface area (Å²) >= 11 is 1.94. The molecule has 0 radical (unpaired) electrons. The van der Waals surface area contributed by atoms with Gasteiger partial charge in [-0.05, 0) is 40.1 Å². The van der Waals surface area contributed by atoms with E-state index in [1.807, 2.05) is 11.3 Å². The topological polar surface area (TPSA) is 0 Å². The van der Waals surface area contributed by atoms with Crippen LogP contribution in [0.1, 0.15) is 11.1 Å². The summed E-state index contributed by atoms with van der Waals surface area (Å²) in [6.45, 7) is 0. The van der Waals surface area contributed by atoms with Crippen LogP contribution >= 0.6 is 11.3 Å². The van der Waals surface area contributed by atoms with Crippen LogP contribution < -0.4 is 0 Å². The fraction of sp³-hybridized carbons (Fsp3) is 0.0435. The van der Waals surface area contributed by atoms with E-state index in [0.29, 0.717) is 0 Å². The van der Waals surface area contributed by atoms with Gasteiger partial charge in [0, 0.05) is 25.6 Å². The minimum Gasteiger partial charge on any atom is -0.135 e. The van der Waals surface area contributed by atoms with Gasteiger partial charge >= 0.3 is 0 Å². The number of rotatable bonds is 0. The van der Waals surface area contributed by atoms with Crippen LogP contribution in [0.25, 0.3) is 42.1 Å². The summed E-state index contributed by atoms with van der Waals surface area (Å²) in [4.78, 5) is 0. The SMILES string of the molecule is c1ccc2c(c1)Cc1c-2c2ccccc2c2sc3ccccc3c12. The average Bonchev–Trinajstić information content (AvgIpc) is 3.20. The normalized spacial score (nSPS) is 12.8. The molecule has 1 heteroatoms. The van der Waals surface area contributed by atoms with Gasteiger partial charge in [-0.25, -0.2) is 0 Å². The first-order valence-corrected chi connectivity index (χ1v) is 9.16. The summed E-state index contributed by atoms with van der Waals surface area (Å²) in [5.41, 5.74) is 5.85. The molecule has 0 fully saturated rings. The molecule has 0 bridgehead atoms. The quantitative estimate of drug-likeness (QED) is 0.289. The molecule has 0 saturated carbocycles. The third-order valence-electron chi connectivity index (χ3n) is 5.29. The second-order valence-corrected chi connectivity index (χ2v) is 7.59. The highest BCUT2D eigenvalue weighted by Crippen LogP contribution is 2.50. The van der Waals surface area contributed by atoms with Gasteiger partial charge in [0.25, 0.3) is 0 Å². The van der Waals surface area contributed by atoms with Gasteiger partial charge in [-0.1, -0.05) is 66.7 Å². The molecule has 0 amide bonds. The Morgan fingerprint density at radius 3 is 2.29 bits per heavy atom. The molecule has 0 atom stereocenters. The van der Waals surface area contributed by atoms with Crippen LogP contribution in [0.15, 0.2) is 72.8 Å². The van der Waals surface area contributed by atoms with Crippen LogP contribution in [0, 0.1) is 0 Å². The first kappa shape index (κ1) is 12.7. The first-order valence-electron chi connectivity index (χ1n) is 8.35. The van der Waals surface area contributed by atoms with Gasteiger partial charge in [-0.3, -0.25) is 0 Å². The Kier molecular flexibility index (Phi) is 2.37. The Morgan fingerprint density at radius 1 is 0.667 bits per heavy atom. The van der Waals surface area contributed by atoms with Crippen molar-refractivity contribution in [2.75, 3.05) is 0 Å². The Hall–Kier alpha value is -2.64. The Labute approximate surface area is 144 Å². The summed E-state index contributed by atoms with van der Waals surface area (Å²) in [5.74, 6) is 0. The number of hydrogen-bond donors (Lipinski definition) is 0. The van der Waals surface area contributed by atoms with Crippen molar-refractivity contribution in [3.05, 3.63) is 83.9 Å². The van der Waals surface area contributed by atoms with Gasteiger partial charge in [0.05, 0.1) is 0 Å². The van der Waals surface area contributed by atoms with Crippen molar-refractivity contribution in [2.45, 2.75) is 6.42 Å². The van der Waals surface area contributed by atoms with Crippen molar-refractivity contribution < 1.29 is 0 Å². The van der Waals surface area contributed by atoms with Crippen LogP contribution in [-0.4, -0.2) is 0 Å². The lowest BCUT2D eigenvalue weighted by Crippen LogP contribution is -1.85. The van der Waals surface area contributed by atoms with Crippen LogP contribution in [0.3, 0.4) is 0 Å². The fourth-order valence-electron chi connectivity index (χ4n) is 4.31. The maximum Gasteiger partial charge on any atom is 0.0437 e. The standard InChI is InChI=1S/C23H14S/c1-2-8-15-14(7-1)13-19-21(15)16-9-3-4-10-17(16)23-22(19)18-11-5-6-12-20(18)24-23/h1-12H,13H2. The largest absolute Gasteiger partial charge is 0.135 e. The van der Waals surface area contributed by atoms with Gasteiger partial charge in [0.15, 0.2) is 0 Å². The maximum absolute atomic E-state index is 2.29. The summed E-state index contributed by atoms with van der Waals surface area (Å²) in [6, 6.07) is 26.7. The van der Waals surface area contributed by atoms with Gasteiger partial charge in [0.1, 0.15) is 0 Å². The van der Waals surface area contributed by atoms with E-state index in [-0.39, 0.29) is 0 Å². The lowest BCUT2D eigenvalue weighted by Gasteiger charge is -2.09. The molecule has 0 N–H and O–H groups in total. The molecular weight excluding hydrogens is 308 g/mol. The van der Waals surface area contributed by atoms with E-state index in [1.165, 1.54) is 53.2 Å². The van der Waals surface area contributed by atoms with E-state index in [2.05, 4.69) is 72.8 Å². The third-order valence-corrected chi connectivity index (χ3v) is 6.50. The zero-order valence-corrected chi connectivity index (χ0v) is 13.9. The number of hydrogen-bond acceptors (Lipinski definition) is 1. The molecule has 1 aromatic heterocycles. The van der Waals surface area contributed by atoms with Crippen LogP contribution in [0.2, 0.25) is 0 Å². The fourth-order valence-corrected chi connectivity index (χ4v) is 5.58. The van der Waals surface area contributed by atoms with E-state index in [4.69, 9.17) is 0 Å². The third kappa shape index (κ3) is 1.48. The van der Waals surface area contributed by atoms with Crippen LogP contribution in [-0.2, 0) is 6.42 Å². The van der Waals surface area contributed by atoms with E-state index in [9.17, 15) is 0 Å². The average molecular weight is 322 g/mol. The van der Waals surface area contributed by atoms with E-state index in [0.717, 1.165) is 6.42 Å². The van der Waals surface area contributed by atoms with Gasteiger partial charge in [-0.2, -0.15) is 0 Å². The molecule has 5 aromatic rings. The summed E-state index contributed by atoms with van der Waals surface area (Å²) in [6.07, 6.45) is 1.05. The minimum atomic E-state index is 1.05. The molecule has 6 rings (SSSR count). The second-order valence-electron chi connectivity index (χ2n) is 6.54. The number of benzene rings is 4. The zero-order valence-electron chi connectivity index (χ0n) is 13.0. The molecule has 112 valence electrons. The summed E-state index contributed by atoms with van der Waals surface area (Å²) in [7, 11) is 0. The lowest BCUT2D eigenvalue weighted by atomic mass is 9.94. The Morgan fingerprint density at radius 2 is 1.38 bits per heavy atom. The van der Waals surface area contributed by atoms with Crippen molar-refractivity contribution >= 4 is 42.3 Å². The van der Waals surface area contributed by atoms with Crippen molar-refractivity contribution in [2.24, 2.45) is 0 Å². The van der Waals surface area contributed by atoms with Crippen molar-refractivity contribution in [1.82, 2.24) is 0 Å². The molecule has 0 nitrogen and oxygen atoms in total. The monoisotopic (exact) mass is 322 g/mol. The van der Waals surface area contributed by atoms with Crippen molar-refractivity contribution in [3.8, 4) is 11.1 Å². The van der Waals surface area contributed by atoms with Crippen molar-refractivity contribution in [1.29, 1.82) is 0 Å². The number of fused-ring (bicyclic) bond motifs is 10. The molecule has 1 heterocycles. The van der Waals surface area contributed by atoms with Gasteiger partial charge < -0.3 is 0 Å². The van der Waals surface area contributed by atoms with Gasteiger partial charge in [-0.15, -0.1) is 11.3 Å². The smallest absolute Gasteiger partial charge is 0.0437 e. The molecule has 1 aliphatic rings. The van der Waals surface area contributed by atoms with Gasteiger partial charge in [0.2, 0.25) is 0 Å². The Balaban J connectivity index is 1.95. The molecule has 0 spiro atoms. The molecule has 0 saturated heterocycles.